The van der Waals surface area contributed by atoms with Gasteiger partial charge in [0.1, 0.15) is 0 Å². The zero-order chi connectivity index (χ0) is 14.5. The van der Waals surface area contributed by atoms with Crippen LogP contribution >= 0.6 is 0 Å². The minimum atomic E-state index is -0.200. The Bertz CT molecular complexity index is 438. The second-order valence-electron chi connectivity index (χ2n) is 5.33. The summed E-state index contributed by atoms with van der Waals surface area (Å²) in [5.41, 5.74) is 0.817. The molecule has 1 aromatic rings. The number of hydrogen-bond acceptors (Lipinski definition) is 4. The third kappa shape index (κ3) is 4.81. The van der Waals surface area contributed by atoms with Gasteiger partial charge in [-0.1, -0.05) is 19.9 Å². The first-order valence-corrected chi connectivity index (χ1v) is 6.39. The molecule has 4 nitrogen and oxygen atoms in total. The Balaban J connectivity index is 2.74. The topological polar surface area (TPSA) is 55.8 Å². The molecule has 0 aliphatic carbocycles. The molecule has 0 unspecified atom stereocenters. The highest BCUT2D eigenvalue weighted by Crippen LogP contribution is 2.31. The number of aromatic hydroxyl groups is 1. The molecule has 0 aliphatic heterocycles. The molecule has 0 aliphatic rings. The van der Waals surface area contributed by atoms with Gasteiger partial charge in [0.05, 0.1) is 20.1 Å². The van der Waals surface area contributed by atoms with E-state index in [0.717, 1.165) is 5.56 Å². The number of ether oxygens (including phenoxy) is 2. The summed E-state index contributed by atoms with van der Waals surface area (Å²) in [6.45, 7) is 6.24. The third-order valence-corrected chi connectivity index (χ3v) is 2.86. The van der Waals surface area contributed by atoms with Crippen LogP contribution in [0.25, 0.3) is 0 Å². The maximum Gasteiger partial charge on any atom is 0.306 e. The zero-order valence-electron chi connectivity index (χ0n) is 12.0. The lowest BCUT2D eigenvalue weighted by Gasteiger charge is -2.23. The lowest BCUT2D eigenvalue weighted by atomic mass is 9.82. The van der Waals surface area contributed by atoms with Crippen molar-refractivity contribution in [2.45, 2.75) is 33.6 Å². The minimum absolute atomic E-state index is 0.120. The number of phenolic OH excluding ortho intramolecular Hbond substituents is 1. The van der Waals surface area contributed by atoms with Crippen molar-refractivity contribution in [3.8, 4) is 11.5 Å². The normalized spacial score (nSPS) is 11.2. The summed E-state index contributed by atoms with van der Waals surface area (Å²) in [7, 11) is 1.52. The van der Waals surface area contributed by atoms with E-state index in [0.29, 0.717) is 25.2 Å². The SMILES string of the molecule is CCOC(=O)CC(C)(C)Cc1ccc(O)c(OC)c1. The summed E-state index contributed by atoms with van der Waals surface area (Å²) >= 11 is 0. The van der Waals surface area contributed by atoms with Crippen molar-refractivity contribution in [2.75, 3.05) is 13.7 Å². The van der Waals surface area contributed by atoms with Crippen LogP contribution < -0.4 is 4.74 Å². The highest BCUT2D eigenvalue weighted by Gasteiger charge is 2.23. The summed E-state index contributed by atoms with van der Waals surface area (Å²) in [6, 6.07) is 5.24. The third-order valence-electron chi connectivity index (χ3n) is 2.86. The van der Waals surface area contributed by atoms with Crippen molar-refractivity contribution >= 4 is 5.97 Å². The molecule has 106 valence electrons. The molecule has 0 amide bonds. The number of phenols is 1. The fraction of sp³-hybridized carbons (Fsp3) is 0.533. The van der Waals surface area contributed by atoms with E-state index in [4.69, 9.17) is 9.47 Å². The van der Waals surface area contributed by atoms with Crippen LogP contribution in [0, 0.1) is 5.41 Å². The molecular weight excluding hydrogens is 244 g/mol. The molecule has 0 bridgehead atoms. The van der Waals surface area contributed by atoms with Crippen LogP contribution in [0.5, 0.6) is 11.5 Å². The van der Waals surface area contributed by atoms with Gasteiger partial charge in [0.15, 0.2) is 11.5 Å². The van der Waals surface area contributed by atoms with Gasteiger partial charge in [0.25, 0.3) is 0 Å². The Kier molecular flexibility index (Phi) is 5.21. The van der Waals surface area contributed by atoms with Crippen LogP contribution in [0.2, 0.25) is 0 Å². The van der Waals surface area contributed by atoms with Gasteiger partial charge in [0.2, 0.25) is 0 Å². The van der Waals surface area contributed by atoms with Crippen molar-refractivity contribution in [2.24, 2.45) is 5.41 Å². The Morgan fingerprint density at radius 1 is 1.37 bits per heavy atom. The van der Waals surface area contributed by atoms with Gasteiger partial charge in [-0.3, -0.25) is 4.79 Å². The van der Waals surface area contributed by atoms with Crippen LogP contribution in [-0.4, -0.2) is 24.8 Å². The van der Waals surface area contributed by atoms with Gasteiger partial charge in [-0.05, 0) is 36.5 Å². The number of carbonyl (C=O) groups excluding carboxylic acids is 1. The fourth-order valence-corrected chi connectivity index (χ4v) is 2.05. The summed E-state index contributed by atoms with van der Waals surface area (Å²) in [6.07, 6.45) is 1.08. The average molecular weight is 266 g/mol. The zero-order valence-corrected chi connectivity index (χ0v) is 12.0. The van der Waals surface area contributed by atoms with Crippen molar-refractivity contribution in [3.05, 3.63) is 23.8 Å². The van der Waals surface area contributed by atoms with Crippen LogP contribution in [0.3, 0.4) is 0 Å². The second-order valence-corrected chi connectivity index (χ2v) is 5.33. The molecule has 0 heterocycles. The molecule has 19 heavy (non-hydrogen) atoms. The average Bonchev–Trinajstić information content (AvgIpc) is 2.30. The van der Waals surface area contributed by atoms with E-state index in [1.807, 2.05) is 19.9 Å². The van der Waals surface area contributed by atoms with Gasteiger partial charge < -0.3 is 14.6 Å². The lowest BCUT2D eigenvalue weighted by molar-refractivity contribution is -0.145. The Hall–Kier alpha value is -1.71. The predicted molar refractivity (Wildman–Crippen MR) is 73.4 cm³/mol. The minimum Gasteiger partial charge on any atom is -0.504 e. The quantitative estimate of drug-likeness (QED) is 0.804. The number of carbonyl (C=O) groups is 1. The first kappa shape index (κ1) is 15.3. The summed E-state index contributed by atoms with van der Waals surface area (Å²) < 4.78 is 10.1. The maximum absolute atomic E-state index is 11.5. The van der Waals surface area contributed by atoms with Gasteiger partial charge in [-0.15, -0.1) is 0 Å². The molecule has 0 aromatic heterocycles. The Morgan fingerprint density at radius 2 is 2.05 bits per heavy atom. The molecular formula is C15H22O4. The molecule has 1 rings (SSSR count). The highest BCUT2D eigenvalue weighted by molar-refractivity contribution is 5.70. The largest absolute Gasteiger partial charge is 0.504 e. The monoisotopic (exact) mass is 266 g/mol. The van der Waals surface area contributed by atoms with E-state index in [1.54, 1.807) is 19.1 Å². The molecule has 0 radical (unpaired) electrons. The van der Waals surface area contributed by atoms with Crippen LogP contribution in [-0.2, 0) is 16.0 Å². The van der Waals surface area contributed by atoms with Crippen LogP contribution in [0.4, 0.5) is 0 Å². The van der Waals surface area contributed by atoms with Gasteiger partial charge in [0, 0.05) is 0 Å². The molecule has 0 saturated carbocycles. The van der Waals surface area contributed by atoms with E-state index < -0.39 is 0 Å². The number of rotatable bonds is 6. The van der Waals surface area contributed by atoms with Crippen molar-refractivity contribution in [1.82, 2.24) is 0 Å². The first-order valence-electron chi connectivity index (χ1n) is 6.39. The Morgan fingerprint density at radius 3 is 2.63 bits per heavy atom. The molecule has 1 N–H and O–H groups in total. The van der Waals surface area contributed by atoms with Crippen molar-refractivity contribution in [3.63, 3.8) is 0 Å². The smallest absolute Gasteiger partial charge is 0.306 e. The van der Waals surface area contributed by atoms with E-state index in [9.17, 15) is 9.90 Å². The standard InChI is InChI=1S/C15H22O4/c1-5-19-14(17)10-15(2,3)9-11-6-7-12(16)13(8-11)18-4/h6-8,16H,5,9-10H2,1-4H3. The summed E-state index contributed by atoms with van der Waals surface area (Å²) in [5, 5.41) is 9.55. The van der Waals surface area contributed by atoms with E-state index in [2.05, 4.69) is 0 Å². The van der Waals surface area contributed by atoms with Gasteiger partial charge in [-0.25, -0.2) is 0 Å². The molecule has 0 saturated heterocycles. The highest BCUT2D eigenvalue weighted by atomic mass is 16.5. The van der Waals surface area contributed by atoms with E-state index in [1.165, 1.54) is 7.11 Å². The molecule has 0 spiro atoms. The molecule has 0 fully saturated rings. The first-order chi connectivity index (χ1) is 8.88. The van der Waals surface area contributed by atoms with Crippen LogP contribution in [0.1, 0.15) is 32.8 Å². The lowest BCUT2D eigenvalue weighted by Crippen LogP contribution is -2.21. The van der Waals surface area contributed by atoms with Gasteiger partial charge in [-0.2, -0.15) is 0 Å². The molecule has 0 atom stereocenters. The van der Waals surface area contributed by atoms with Gasteiger partial charge >= 0.3 is 5.97 Å². The van der Waals surface area contributed by atoms with E-state index >= 15 is 0 Å². The summed E-state index contributed by atoms with van der Waals surface area (Å²) in [5.74, 6) is 0.386. The van der Waals surface area contributed by atoms with Crippen LogP contribution in [0.15, 0.2) is 18.2 Å². The molecule has 1 aromatic carbocycles. The van der Waals surface area contributed by atoms with Crippen molar-refractivity contribution in [1.29, 1.82) is 0 Å². The number of methoxy groups -OCH3 is 1. The predicted octanol–water partition coefficient (Wildman–Crippen LogP) is 2.92. The second kappa shape index (κ2) is 6.45. The maximum atomic E-state index is 11.5. The fourth-order valence-electron chi connectivity index (χ4n) is 2.05. The number of esters is 1. The van der Waals surface area contributed by atoms with E-state index in [-0.39, 0.29) is 17.1 Å². The number of benzene rings is 1. The summed E-state index contributed by atoms with van der Waals surface area (Å²) in [4.78, 5) is 11.5. The Labute approximate surface area is 114 Å². The number of hydrogen-bond donors (Lipinski definition) is 1. The van der Waals surface area contributed by atoms with Crippen molar-refractivity contribution < 1.29 is 19.4 Å². The molecule has 4 heteroatoms.